The average molecular weight is 307 g/mol. The molecule has 0 aliphatic carbocycles. The molecule has 21 heavy (non-hydrogen) atoms. The van der Waals surface area contributed by atoms with Crippen LogP contribution in [0.3, 0.4) is 0 Å². The monoisotopic (exact) mass is 307 g/mol. The van der Waals surface area contributed by atoms with Crippen molar-refractivity contribution in [1.82, 2.24) is 0 Å². The number of ether oxygens (including phenoxy) is 2. The predicted octanol–water partition coefficient (Wildman–Crippen LogP) is -0.860. The normalized spacial score (nSPS) is 14.9. The Morgan fingerprint density at radius 1 is 1.33 bits per heavy atom. The van der Waals surface area contributed by atoms with Crippen molar-refractivity contribution in [3.8, 4) is 11.5 Å². The minimum absolute atomic E-state index is 0. The summed E-state index contributed by atoms with van der Waals surface area (Å²) < 4.78 is 31.8. The first-order valence-corrected chi connectivity index (χ1v) is 7.26. The second-order valence-corrected chi connectivity index (χ2v) is 6.33. The van der Waals surface area contributed by atoms with E-state index < -0.39 is 16.5 Å². The summed E-state index contributed by atoms with van der Waals surface area (Å²) in [6, 6.07) is 3.16. The molecule has 0 aromatic heterocycles. The first-order valence-electron chi connectivity index (χ1n) is 6.15. The van der Waals surface area contributed by atoms with Gasteiger partial charge in [0.25, 0.3) is 0 Å². The van der Waals surface area contributed by atoms with Gasteiger partial charge in [-0.15, -0.1) is 0 Å². The van der Waals surface area contributed by atoms with E-state index in [1.54, 1.807) is 32.9 Å². The first-order chi connectivity index (χ1) is 9.30. The van der Waals surface area contributed by atoms with E-state index >= 15 is 0 Å². The summed E-state index contributed by atoms with van der Waals surface area (Å²) in [6.07, 6.45) is 0. The number of hydrogen-bond acceptors (Lipinski definition) is 4. The Kier molecular flexibility index (Phi) is 5.88. The third-order valence-electron chi connectivity index (χ3n) is 2.77. The van der Waals surface area contributed by atoms with E-state index in [1.807, 2.05) is 0 Å². The van der Waals surface area contributed by atoms with Gasteiger partial charge in [-0.25, -0.2) is 4.21 Å². The minimum Gasteiger partial charge on any atom is -1.00 e. The molecule has 0 saturated heterocycles. The SMILES string of the molecule is CC(C)(C)C(=O)Nc1ccc2c(c1S(=O)O)OCCO2.[H-].[Li+]. The fourth-order valence-corrected chi connectivity index (χ4v) is 2.30. The van der Waals surface area contributed by atoms with Crippen LogP contribution in [-0.2, 0) is 15.9 Å². The van der Waals surface area contributed by atoms with Gasteiger partial charge in [0.05, 0.1) is 5.69 Å². The Hall–Kier alpha value is -1.00. The number of nitrogens with one attached hydrogen (secondary N) is 1. The van der Waals surface area contributed by atoms with Crippen molar-refractivity contribution in [2.24, 2.45) is 5.41 Å². The average Bonchev–Trinajstić information content (AvgIpc) is 2.36. The van der Waals surface area contributed by atoms with Crippen LogP contribution in [0.2, 0.25) is 0 Å². The molecule has 112 valence electrons. The smallest absolute Gasteiger partial charge is 1.00 e. The Morgan fingerprint density at radius 3 is 2.52 bits per heavy atom. The van der Waals surface area contributed by atoms with Crippen LogP contribution >= 0.6 is 0 Å². The topological polar surface area (TPSA) is 84.9 Å². The van der Waals surface area contributed by atoms with Gasteiger partial charge >= 0.3 is 18.9 Å². The Labute approximate surface area is 139 Å². The Morgan fingerprint density at radius 2 is 1.95 bits per heavy atom. The standard InChI is InChI=1S/C13H17NO5S.Li.H/c1-13(2,3)12(15)14-8-4-5-9-10(11(8)20(16)17)19-7-6-18-9;;/h4-5H,6-7H2,1-3H3,(H,14,15)(H,16,17);;/q;+1;-1. The summed E-state index contributed by atoms with van der Waals surface area (Å²) in [5.74, 6) is 0.368. The zero-order valence-corrected chi connectivity index (χ0v) is 13.4. The zero-order chi connectivity index (χ0) is 14.9. The van der Waals surface area contributed by atoms with Crippen molar-refractivity contribution in [1.29, 1.82) is 0 Å². The number of carbonyl (C=O) groups excluding carboxylic acids is 1. The van der Waals surface area contributed by atoms with Crippen molar-refractivity contribution in [3.63, 3.8) is 0 Å². The maximum Gasteiger partial charge on any atom is 1.00 e. The van der Waals surface area contributed by atoms with Gasteiger partial charge in [0.1, 0.15) is 18.1 Å². The quantitative estimate of drug-likeness (QED) is 0.549. The van der Waals surface area contributed by atoms with Crippen LogP contribution in [0.4, 0.5) is 5.69 Å². The van der Waals surface area contributed by atoms with E-state index in [1.165, 1.54) is 0 Å². The first kappa shape index (κ1) is 18.0. The Balaban J connectivity index is 0.00000220. The summed E-state index contributed by atoms with van der Waals surface area (Å²) in [5.41, 5.74) is -0.350. The molecule has 1 aromatic rings. The molecule has 2 rings (SSSR count). The third-order valence-corrected chi connectivity index (χ3v) is 3.52. The van der Waals surface area contributed by atoms with Crippen molar-refractivity contribution < 1.29 is 43.3 Å². The number of rotatable bonds is 2. The maximum absolute atomic E-state index is 12.0. The summed E-state index contributed by atoms with van der Waals surface area (Å²) in [6.45, 7) is 5.97. The molecule has 8 heteroatoms. The van der Waals surface area contributed by atoms with E-state index in [0.717, 1.165) is 0 Å². The molecule has 0 radical (unpaired) electrons. The van der Waals surface area contributed by atoms with E-state index in [-0.39, 0.29) is 42.5 Å². The second-order valence-electron chi connectivity index (χ2n) is 5.42. The van der Waals surface area contributed by atoms with Gasteiger partial charge < -0.3 is 20.8 Å². The van der Waals surface area contributed by atoms with E-state index in [9.17, 15) is 13.6 Å². The van der Waals surface area contributed by atoms with Gasteiger partial charge in [-0.1, -0.05) is 20.8 Å². The van der Waals surface area contributed by atoms with E-state index in [0.29, 0.717) is 19.0 Å². The van der Waals surface area contributed by atoms with Crippen LogP contribution in [0.5, 0.6) is 11.5 Å². The van der Waals surface area contributed by atoms with Gasteiger partial charge in [-0.05, 0) is 12.1 Å². The van der Waals surface area contributed by atoms with Crippen LogP contribution in [0.15, 0.2) is 17.0 Å². The van der Waals surface area contributed by atoms with Crippen LogP contribution in [0.1, 0.15) is 22.2 Å². The molecule has 2 N–H and O–H groups in total. The van der Waals surface area contributed by atoms with Gasteiger partial charge in [-0.2, -0.15) is 0 Å². The molecule has 0 fully saturated rings. The van der Waals surface area contributed by atoms with Crippen LogP contribution in [-0.4, -0.2) is 27.9 Å². The Bertz CT molecular complexity index is 576. The number of hydrogen-bond donors (Lipinski definition) is 2. The largest absolute Gasteiger partial charge is 1.00 e. The third kappa shape index (κ3) is 4.01. The van der Waals surface area contributed by atoms with Gasteiger partial charge in [0.2, 0.25) is 5.91 Å². The number of carbonyl (C=O) groups is 1. The molecule has 0 saturated carbocycles. The van der Waals surface area contributed by atoms with Crippen LogP contribution in [0, 0.1) is 5.41 Å². The molecule has 1 unspecified atom stereocenters. The molecule has 1 amide bonds. The van der Waals surface area contributed by atoms with Gasteiger partial charge in [0, 0.05) is 5.41 Å². The molecule has 1 atom stereocenters. The summed E-state index contributed by atoms with van der Waals surface area (Å²) >= 11 is -2.29. The van der Waals surface area contributed by atoms with E-state index in [4.69, 9.17) is 9.47 Å². The molecule has 0 bridgehead atoms. The van der Waals surface area contributed by atoms with Crippen LogP contribution in [0.25, 0.3) is 0 Å². The number of benzene rings is 1. The number of anilines is 1. The molecule has 0 spiro atoms. The van der Waals surface area contributed by atoms with Crippen molar-refractivity contribution >= 4 is 22.7 Å². The van der Waals surface area contributed by atoms with Gasteiger partial charge in [0.15, 0.2) is 22.6 Å². The van der Waals surface area contributed by atoms with E-state index in [2.05, 4.69) is 5.32 Å². The molecule has 6 nitrogen and oxygen atoms in total. The zero-order valence-electron chi connectivity index (χ0n) is 13.6. The van der Waals surface area contributed by atoms with Gasteiger partial charge in [-0.3, -0.25) is 4.79 Å². The van der Waals surface area contributed by atoms with Crippen LogP contribution < -0.4 is 33.7 Å². The van der Waals surface area contributed by atoms with Crippen molar-refractivity contribution in [2.75, 3.05) is 18.5 Å². The molecular weight excluding hydrogens is 289 g/mol. The number of amides is 1. The molecule has 1 aliphatic heterocycles. The summed E-state index contributed by atoms with van der Waals surface area (Å²) in [7, 11) is 0. The fraction of sp³-hybridized carbons (Fsp3) is 0.462. The summed E-state index contributed by atoms with van der Waals surface area (Å²) in [4.78, 5) is 12.0. The fourth-order valence-electron chi connectivity index (χ4n) is 1.67. The molecule has 1 aromatic carbocycles. The van der Waals surface area contributed by atoms with Crippen molar-refractivity contribution in [3.05, 3.63) is 12.1 Å². The predicted molar refractivity (Wildman–Crippen MR) is 75.7 cm³/mol. The number of fused-ring (bicyclic) bond motifs is 1. The molecule has 1 aliphatic rings. The second kappa shape index (κ2) is 6.84. The minimum atomic E-state index is -2.29. The van der Waals surface area contributed by atoms with Crippen molar-refractivity contribution in [2.45, 2.75) is 25.7 Å². The maximum atomic E-state index is 12.0. The molecular formula is C13H18LiNO5S. The molecule has 1 heterocycles. The summed E-state index contributed by atoms with van der Waals surface area (Å²) in [5, 5.41) is 2.65.